The molecular formula is C12H16ClNOS. The molecule has 1 aromatic rings. The van der Waals surface area contributed by atoms with Crippen molar-refractivity contribution in [1.29, 1.82) is 0 Å². The van der Waals surface area contributed by atoms with Crippen LogP contribution in [-0.2, 0) is 11.2 Å². The number of carbonyl (C=O) groups excluding carboxylic acids is 1. The minimum atomic E-state index is 0.125. The van der Waals surface area contributed by atoms with Crippen LogP contribution < -0.4 is 5.32 Å². The van der Waals surface area contributed by atoms with Crippen LogP contribution in [-0.4, -0.2) is 17.8 Å². The van der Waals surface area contributed by atoms with E-state index in [1.807, 2.05) is 16.8 Å². The fraction of sp³-hybridized carbons (Fsp3) is 0.583. The van der Waals surface area contributed by atoms with Crippen molar-refractivity contribution < 1.29 is 4.79 Å². The predicted molar refractivity (Wildman–Crippen MR) is 68.0 cm³/mol. The van der Waals surface area contributed by atoms with Gasteiger partial charge in [0.1, 0.15) is 0 Å². The van der Waals surface area contributed by atoms with Crippen LogP contribution in [0.25, 0.3) is 0 Å². The van der Waals surface area contributed by atoms with Gasteiger partial charge in [0.05, 0.1) is 6.42 Å². The van der Waals surface area contributed by atoms with Crippen molar-refractivity contribution in [1.82, 2.24) is 5.32 Å². The maximum atomic E-state index is 11.8. The van der Waals surface area contributed by atoms with Crippen LogP contribution in [0.5, 0.6) is 0 Å². The lowest BCUT2D eigenvalue weighted by Crippen LogP contribution is -2.38. The summed E-state index contributed by atoms with van der Waals surface area (Å²) in [7, 11) is 0. The Kier molecular flexibility index (Phi) is 4.24. The van der Waals surface area contributed by atoms with E-state index in [1.165, 1.54) is 6.42 Å². The lowest BCUT2D eigenvalue weighted by molar-refractivity contribution is -0.121. The fourth-order valence-corrected chi connectivity index (χ4v) is 3.29. The zero-order chi connectivity index (χ0) is 11.4. The van der Waals surface area contributed by atoms with Gasteiger partial charge >= 0.3 is 0 Å². The lowest BCUT2D eigenvalue weighted by Gasteiger charge is -2.18. The SMILES string of the molecule is O=C(Cc1ccsc1)NC1CCCC1CCl. The molecule has 1 amide bonds. The number of carbonyl (C=O) groups is 1. The quantitative estimate of drug-likeness (QED) is 0.826. The van der Waals surface area contributed by atoms with Crippen LogP contribution in [0.3, 0.4) is 0 Å². The Balaban J connectivity index is 1.83. The number of alkyl halides is 1. The van der Waals surface area contributed by atoms with E-state index in [1.54, 1.807) is 11.3 Å². The molecule has 2 unspecified atom stereocenters. The summed E-state index contributed by atoms with van der Waals surface area (Å²) in [5.41, 5.74) is 1.10. The first-order valence-electron chi connectivity index (χ1n) is 5.66. The van der Waals surface area contributed by atoms with Crippen LogP contribution in [0.1, 0.15) is 24.8 Å². The zero-order valence-electron chi connectivity index (χ0n) is 9.12. The number of thiophene rings is 1. The number of rotatable bonds is 4. The summed E-state index contributed by atoms with van der Waals surface area (Å²) in [6.45, 7) is 0. The van der Waals surface area contributed by atoms with Crippen LogP contribution >= 0.6 is 22.9 Å². The molecule has 2 atom stereocenters. The van der Waals surface area contributed by atoms with Gasteiger partial charge in [-0.2, -0.15) is 11.3 Å². The average molecular weight is 258 g/mol. The van der Waals surface area contributed by atoms with Gasteiger partial charge in [-0.25, -0.2) is 0 Å². The van der Waals surface area contributed by atoms with Crippen molar-refractivity contribution in [2.75, 3.05) is 5.88 Å². The molecule has 1 heterocycles. The molecule has 0 bridgehead atoms. The average Bonchev–Trinajstić information content (AvgIpc) is 2.88. The molecule has 0 saturated heterocycles. The van der Waals surface area contributed by atoms with E-state index in [9.17, 15) is 4.79 Å². The van der Waals surface area contributed by atoms with Gasteiger partial charge in [-0.1, -0.05) is 6.42 Å². The van der Waals surface area contributed by atoms with E-state index >= 15 is 0 Å². The molecule has 2 nitrogen and oxygen atoms in total. The molecule has 1 N–H and O–H groups in total. The minimum absolute atomic E-state index is 0.125. The molecule has 1 aromatic heterocycles. The van der Waals surface area contributed by atoms with Gasteiger partial charge in [0.2, 0.25) is 5.91 Å². The second kappa shape index (κ2) is 5.69. The monoisotopic (exact) mass is 257 g/mol. The summed E-state index contributed by atoms with van der Waals surface area (Å²) < 4.78 is 0. The summed E-state index contributed by atoms with van der Waals surface area (Å²) in [6, 6.07) is 2.29. The first-order chi connectivity index (χ1) is 7.79. The molecule has 4 heteroatoms. The molecule has 88 valence electrons. The summed E-state index contributed by atoms with van der Waals surface area (Å²) in [5.74, 6) is 1.25. The molecule has 0 radical (unpaired) electrons. The molecule has 1 aliphatic rings. The number of nitrogens with one attached hydrogen (secondary N) is 1. The van der Waals surface area contributed by atoms with E-state index in [0.29, 0.717) is 24.3 Å². The molecular weight excluding hydrogens is 242 g/mol. The molecule has 0 spiro atoms. The highest BCUT2D eigenvalue weighted by Gasteiger charge is 2.27. The molecule has 1 aliphatic carbocycles. The first-order valence-corrected chi connectivity index (χ1v) is 7.13. The third-order valence-electron chi connectivity index (χ3n) is 3.15. The minimum Gasteiger partial charge on any atom is -0.353 e. The third-order valence-corrected chi connectivity index (χ3v) is 4.28. The number of hydrogen-bond acceptors (Lipinski definition) is 2. The van der Waals surface area contributed by atoms with E-state index in [4.69, 9.17) is 11.6 Å². The normalized spacial score (nSPS) is 24.6. The zero-order valence-corrected chi connectivity index (χ0v) is 10.7. The summed E-state index contributed by atoms with van der Waals surface area (Å²) in [4.78, 5) is 11.8. The maximum Gasteiger partial charge on any atom is 0.224 e. The van der Waals surface area contributed by atoms with Crippen LogP contribution in [0.2, 0.25) is 0 Å². The van der Waals surface area contributed by atoms with Crippen LogP contribution in [0, 0.1) is 5.92 Å². The highest BCUT2D eigenvalue weighted by Crippen LogP contribution is 2.26. The number of amides is 1. The van der Waals surface area contributed by atoms with Crippen LogP contribution in [0.15, 0.2) is 16.8 Å². The van der Waals surface area contributed by atoms with E-state index in [2.05, 4.69) is 5.32 Å². The van der Waals surface area contributed by atoms with Gasteiger partial charge in [-0.3, -0.25) is 4.79 Å². The smallest absolute Gasteiger partial charge is 0.224 e. The van der Waals surface area contributed by atoms with Gasteiger partial charge < -0.3 is 5.32 Å². The predicted octanol–water partition coefficient (Wildman–Crippen LogP) is 2.81. The first kappa shape index (κ1) is 11.9. The standard InChI is InChI=1S/C12H16ClNOS/c13-7-10-2-1-3-11(10)14-12(15)6-9-4-5-16-8-9/h4-5,8,10-11H,1-3,6-7H2,(H,14,15). The van der Waals surface area contributed by atoms with Gasteiger partial charge in [-0.15, -0.1) is 11.6 Å². The molecule has 1 fully saturated rings. The molecule has 0 aliphatic heterocycles. The Morgan fingerprint density at radius 1 is 1.56 bits per heavy atom. The summed E-state index contributed by atoms with van der Waals surface area (Å²) >= 11 is 7.51. The Bertz CT molecular complexity index is 339. The van der Waals surface area contributed by atoms with Crippen molar-refractivity contribution in [3.63, 3.8) is 0 Å². The molecule has 2 rings (SSSR count). The Hall–Kier alpha value is -0.540. The Morgan fingerprint density at radius 3 is 3.12 bits per heavy atom. The topological polar surface area (TPSA) is 29.1 Å². The Labute approximate surface area is 105 Å². The molecule has 16 heavy (non-hydrogen) atoms. The molecule has 1 saturated carbocycles. The second-order valence-corrected chi connectivity index (χ2v) is 5.42. The van der Waals surface area contributed by atoms with E-state index < -0.39 is 0 Å². The van der Waals surface area contributed by atoms with Crippen molar-refractivity contribution in [2.24, 2.45) is 5.92 Å². The highest BCUT2D eigenvalue weighted by molar-refractivity contribution is 7.07. The van der Waals surface area contributed by atoms with Gasteiger partial charge in [0.15, 0.2) is 0 Å². The van der Waals surface area contributed by atoms with Crippen molar-refractivity contribution in [3.8, 4) is 0 Å². The summed E-state index contributed by atoms with van der Waals surface area (Å²) in [6.07, 6.45) is 3.90. The second-order valence-electron chi connectivity index (χ2n) is 4.33. The maximum absolute atomic E-state index is 11.8. The Morgan fingerprint density at radius 2 is 2.44 bits per heavy atom. The largest absolute Gasteiger partial charge is 0.353 e. The lowest BCUT2D eigenvalue weighted by atomic mass is 10.1. The van der Waals surface area contributed by atoms with Gasteiger partial charge in [0, 0.05) is 11.9 Å². The van der Waals surface area contributed by atoms with Crippen molar-refractivity contribution in [2.45, 2.75) is 31.7 Å². The van der Waals surface area contributed by atoms with Gasteiger partial charge in [0.25, 0.3) is 0 Å². The van der Waals surface area contributed by atoms with Crippen molar-refractivity contribution in [3.05, 3.63) is 22.4 Å². The number of hydrogen-bond donors (Lipinski definition) is 1. The van der Waals surface area contributed by atoms with E-state index in [-0.39, 0.29) is 5.91 Å². The van der Waals surface area contributed by atoms with Gasteiger partial charge in [-0.05, 0) is 41.1 Å². The van der Waals surface area contributed by atoms with Crippen molar-refractivity contribution >= 4 is 28.8 Å². The van der Waals surface area contributed by atoms with Crippen LogP contribution in [0.4, 0.5) is 0 Å². The van der Waals surface area contributed by atoms with E-state index in [0.717, 1.165) is 18.4 Å². The fourth-order valence-electron chi connectivity index (χ4n) is 2.25. The summed E-state index contributed by atoms with van der Waals surface area (Å²) in [5, 5.41) is 7.12. The highest BCUT2D eigenvalue weighted by atomic mass is 35.5. The molecule has 0 aromatic carbocycles. The third kappa shape index (κ3) is 2.98. The number of halogens is 1.